The maximum absolute atomic E-state index is 11.0. The van der Waals surface area contributed by atoms with E-state index in [1.165, 1.54) is 7.11 Å². The van der Waals surface area contributed by atoms with Gasteiger partial charge < -0.3 is 9.47 Å². The van der Waals surface area contributed by atoms with Crippen LogP contribution in [0.15, 0.2) is 17.1 Å². The Kier molecular flexibility index (Phi) is 4.82. The number of thiocarbonyl (C=S) groups is 1. The molecular formula is C12H13NO3S. The number of carbonyl (C=O) groups is 1. The highest BCUT2D eigenvalue weighted by Crippen LogP contribution is 2.27. The number of rotatable bonds is 4. The molecule has 0 heterocycles. The Bertz CT molecular complexity index is 479. The van der Waals surface area contributed by atoms with Gasteiger partial charge in [0.15, 0.2) is 6.61 Å². The number of hydrogen-bond acceptors (Lipinski definition) is 5. The fraction of sp³-hybridized carbons (Fsp3) is 0.333. The maximum atomic E-state index is 11.0. The molecule has 0 atom stereocenters. The van der Waals surface area contributed by atoms with E-state index >= 15 is 0 Å². The van der Waals surface area contributed by atoms with Crippen molar-refractivity contribution in [3.63, 3.8) is 0 Å². The Morgan fingerprint density at radius 3 is 2.71 bits per heavy atom. The van der Waals surface area contributed by atoms with Gasteiger partial charge in [0.25, 0.3) is 0 Å². The molecule has 0 aliphatic rings. The summed E-state index contributed by atoms with van der Waals surface area (Å²) in [5.74, 6) is 0.222. The Balaban J connectivity index is 2.91. The quantitative estimate of drug-likeness (QED) is 0.469. The second-order valence-corrected chi connectivity index (χ2v) is 3.65. The topological polar surface area (TPSA) is 47.9 Å². The number of methoxy groups -OCH3 is 1. The molecule has 0 amide bonds. The minimum atomic E-state index is -0.414. The van der Waals surface area contributed by atoms with Crippen molar-refractivity contribution in [3.8, 4) is 5.75 Å². The molecule has 0 N–H and O–H groups in total. The summed E-state index contributed by atoms with van der Waals surface area (Å²) in [5, 5.41) is 2.32. The molecule has 0 bridgehead atoms. The Morgan fingerprint density at radius 2 is 2.12 bits per heavy atom. The molecule has 0 spiro atoms. The minimum absolute atomic E-state index is 0.105. The van der Waals surface area contributed by atoms with Gasteiger partial charge in [-0.1, -0.05) is 0 Å². The van der Waals surface area contributed by atoms with Crippen molar-refractivity contribution in [3.05, 3.63) is 23.3 Å². The average Bonchev–Trinajstić information content (AvgIpc) is 2.31. The summed E-state index contributed by atoms with van der Waals surface area (Å²) in [4.78, 5) is 14.9. The van der Waals surface area contributed by atoms with Crippen LogP contribution in [0.4, 0.5) is 5.69 Å². The summed E-state index contributed by atoms with van der Waals surface area (Å²) >= 11 is 4.56. The van der Waals surface area contributed by atoms with Crippen LogP contribution in [0.1, 0.15) is 11.1 Å². The van der Waals surface area contributed by atoms with Crippen molar-refractivity contribution < 1.29 is 14.3 Å². The van der Waals surface area contributed by atoms with Crippen molar-refractivity contribution >= 4 is 29.0 Å². The van der Waals surface area contributed by atoms with Crippen LogP contribution in [-0.4, -0.2) is 24.8 Å². The van der Waals surface area contributed by atoms with Gasteiger partial charge >= 0.3 is 5.97 Å². The van der Waals surface area contributed by atoms with Crippen LogP contribution in [0.25, 0.3) is 0 Å². The summed E-state index contributed by atoms with van der Waals surface area (Å²) in [6.07, 6.45) is 0. The normalized spacial score (nSPS) is 9.35. The smallest absolute Gasteiger partial charge is 0.343 e. The molecule has 0 aliphatic heterocycles. The van der Waals surface area contributed by atoms with Gasteiger partial charge in [0, 0.05) is 0 Å². The molecular weight excluding hydrogens is 238 g/mol. The molecule has 0 aromatic heterocycles. The lowest BCUT2D eigenvalue weighted by Crippen LogP contribution is -2.13. The number of hydrogen-bond donors (Lipinski definition) is 0. The highest BCUT2D eigenvalue weighted by Gasteiger charge is 2.07. The number of aryl methyl sites for hydroxylation is 2. The number of nitrogens with zero attached hydrogens (tertiary/aromatic N) is 1. The van der Waals surface area contributed by atoms with Gasteiger partial charge in [-0.25, -0.2) is 4.79 Å². The predicted molar refractivity (Wildman–Crippen MR) is 68.1 cm³/mol. The monoisotopic (exact) mass is 251 g/mol. The Hall–Kier alpha value is -1.71. The zero-order valence-electron chi connectivity index (χ0n) is 9.94. The van der Waals surface area contributed by atoms with E-state index in [4.69, 9.17) is 4.74 Å². The molecule has 0 radical (unpaired) electrons. The Morgan fingerprint density at radius 1 is 1.41 bits per heavy atom. The second kappa shape index (κ2) is 6.13. The van der Waals surface area contributed by atoms with E-state index in [0.717, 1.165) is 16.8 Å². The number of isothiocyanates is 1. The first-order valence-corrected chi connectivity index (χ1v) is 5.38. The van der Waals surface area contributed by atoms with Crippen molar-refractivity contribution in [2.45, 2.75) is 13.8 Å². The van der Waals surface area contributed by atoms with E-state index in [1.807, 2.05) is 26.0 Å². The molecule has 0 saturated carbocycles. The van der Waals surface area contributed by atoms with Crippen molar-refractivity contribution in [1.82, 2.24) is 0 Å². The summed E-state index contributed by atoms with van der Waals surface area (Å²) in [5.41, 5.74) is 2.54. The van der Waals surface area contributed by atoms with E-state index in [9.17, 15) is 4.79 Å². The van der Waals surface area contributed by atoms with Crippen LogP contribution < -0.4 is 4.74 Å². The first kappa shape index (κ1) is 13.4. The largest absolute Gasteiger partial charge is 0.482 e. The third kappa shape index (κ3) is 3.66. The molecule has 17 heavy (non-hydrogen) atoms. The van der Waals surface area contributed by atoms with Gasteiger partial charge in [-0.2, -0.15) is 4.99 Å². The van der Waals surface area contributed by atoms with E-state index in [2.05, 4.69) is 27.1 Å². The molecule has 0 unspecified atom stereocenters. The molecule has 90 valence electrons. The highest BCUT2D eigenvalue weighted by molar-refractivity contribution is 7.78. The third-order valence-electron chi connectivity index (χ3n) is 2.23. The molecule has 4 nitrogen and oxygen atoms in total. The van der Waals surface area contributed by atoms with Gasteiger partial charge in [0.2, 0.25) is 0 Å². The van der Waals surface area contributed by atoms with E-state index < -0.39 is 5.97 Å². The first-order valence-electron chi connectivity index (χ1n) is 4.97. The van der Waals surface area contributed by atoms with Crippen LogP contribution in [0, 0.1) is 13.8 Å². The number of esters is 1. The predicted octanol–water partition coefficient (Wildman–Crippen LogP) is 2.59. The fourth-order valence-electron chi connectivity index (χ4n) is 1.30. The molecule has 1 rings (SSSR count). The molecule has 0 fully saturated rings. The summed E-state index contributed by atoms with van der Waals surface area (Å²) < 4.78 is 9.84. The standard InChI is InChI=1S/C12H13NO3S/c1-8-5-11(16-6-12(14)15-3)9(2)4-10(8)13-7-17/h4-5H,6H2,1-3H3. The van der Waals surface area contributed by atoms with Crippen LogP contribution in [0.2, 0.25) is 0 Å². The Labute approximate surface area is 105 Å². The summed E-state index contributed by atoms with van der Waals surface area (Å²) in [7, 11) is 1.32. The van der Waals surface area contributed by atoms with Gasteiger partial charge in [-0.3, -0.25) is 0 Å². The summed E-state index contributed by atoms with van der Waals surface area (Å²) in [6, 6.07) is 3.64. The van der Waals surface area contributed by atoms with E-state index in [0.29, 0.717) is 5.75 Å². The summed E-state index contributed by atoms with van der Waals surface area (Å²) in [6.45, 7) is 3.65. The number of benzene rings is 1. The zero-order valence-corrected chi connectivity index (χ0v) is 10.8. The molecule has 5 heteroatoms. The van der Waals surface area contributed by atoms with Crippen LogP contribution in [-0.2, 0) is 9.53 Å². The lowest BCUT2D eigenvalue weighted by molar-refractivity contribution is -0.142. The maximum Gasteiger partial charge on any atom is 0.343 e. The number of carbonyl (C=O) groups excluding carboxylic acids is 1. The fourth-order valence-corrected chi connectivity index (χ4v) is 1.39. The van der Waals surface area contributed by atoms with Gasteiger partial charge in [-0.15, -0.1) is 0 Å². The van der Waals surface area contributed by atoms with Crippen molar-refractivity contribution in [1.29, 1.82) is 0 Å². The molecule has 1 aromatic carbocycles. The number of ether oxygens (including phenoxy) is 2. The lowest BCUT2D eigenvalue weighted by Gasteiger charge is -2.10. The number of aliphatic imine (C=N–C) groups is 1. The zero-order chi connectivity index (χ0) is 12.8. The molecule has 0 aliphatic carbocycles. The van der Waals surface area contributed by atoms with E-state index in [-0.39, 0.29) is 6.61 Å². The lowest BCUT2D eigenvalue weighted by atomic mass is 10.1. The van der Waals surface area contributed by atoms with Crippen LogP contribution in [0.3, 0.4) is 0 Å². The van der Waals surface area contributed by atoms with Crippen molar-refractivity contribution in [2.75, 3.05) is 13.7 Å². The molecule has 1 aromatic rings. The van der Waals surface area contributed by atoms with E-state index in [1.54, 1.807) is 0 Å². The van der Waals surface area contributed by atoms with Crippen molar-refractivity contribution in [2.24, 2.45) is 4.99 Å². The molecule has 0 saturated heterocycles. The SMILES string of the molecule is COC(=O)COc1cc(C)c(N=C=S)cc1C. The van der Waals surface area contributed by atoms with Crippen LogP contribution >= 0.6 is 12.2 Å². The first-order chi connectivity index (χ1) is 8.08. The highest BCUT2D eigenvalue weighted by atomic mass is 32.1. The second-order valence-electron chi connectivity index (χ2n) is 3.47. The average molecular weight is 251 g/mol. The minimum Gasteiger partial charge on any atom is -0.482 e. The van der Waals surface area contributed by atoms with Gasteiger partial charge in [-0.05, 0) is 49.3 Å². The third-order valence-corrected chi connectivity index (χ3v) is 2.32. The van der Waals surface area contributed by atoms with Gasteiger partial charge in [0.05, 0.1) is 18.0 Å². The van der Waals surface area contributed by atoms with Crippen LogP contribution in [0.5, 0.6) is 5.75 Å². The van der Waals surface area contributed by atoms with Gasteiger partial charge in [0.1, 0.15) is 5.75 Å².